The number of nitrogens with one attached hydrogen (secondary N) is 1. The van der Waals surface area contributed by atoms with Gasteiger partial charge in [0.25, 0.3) is 0 Å². The van der Waals surface area contributed by atoms with Crippen LogP contribution in [-0.2, 0) is 11.3 Å². The molecule has 0 aromatic carbocycles. The van der Waals surface area contributed by atoms with Crippen LogP contribution in [0.1, 0.15) is 25.7 Å². The first-order chi connectivity index (χ1) is 8.25. The maximum atomic E-state index is 11.8. The minimum absolute atomic E-state index is 0.137. The van der Waals surface area contributed by atoms with E-state index in [4.69, 9.17) is 5.73 Å². The summed E-state index contributed by atoms with van der Waals surface area (Å²) in [6.45, 7) is 1.62. The van der Waals surface area contributed by atoms with Crippen molar-refractivity contribution >= 4 is 5.91 Å². The quantitative estimate of drug-likeness (QED) is 0.732. The van der Waals surface area contributed by atoms with Crippen LogP contribution in [0, 0.1) is 5.92 Å². The molecule has 0 saturated heterocycles. The Kier molecular flexibility index (Phi) is 4.14. The summed E-state index contributed by atoms with van der Waals surface area (Å²) in [5, 5.41) is 2.98. The summed E-state index contributed by atoms with van der Waals surface area (Å²) in [5.74, 6) is 0.307. The van der Waals surface area contributed by atoms with Crippen LogP contribution < -0.4 is 11.1 Å². The Morgan fingerprint density at radius 1 is 1.53 bits per heavy atom. The molecule has 1 aromatic rings. The van der Waals surface area contributed by atoms with Gasteiger partial charge < -0.3 is 15.6 Å². The van der Waals surface area contributed by atoms with Crippen molar-refractivity contribution in [3.05, 3.63) is 18.7 Å². The van der Waals surface area contributed by atoms with Crippen molar-refractivity contribution in [3.63, 3.8) is 0 Å². The molecule has 0 spiro atoms. The first-order valence-electron chi connectivity index (χ1n) is 6.25. The number of carbonyl (C=O) groups excluding carboxylic acids is 1. The highest BCUT2D eigenvalue weighted by atomic mass is 16.1. The third-order valence-corrected chi connectivity index (χ3v) is 3.30. The van der Waals surface area contributed by atoms with Gasteiger partial charge in [0.2, 0.25) is 5.91 Å². The summed E-state index contributed by atoms with van der Waals surface area (Å²) in [6.07, 6.45) is 9.17. The van der Waals surface area contributed by atoms with Crippen LogP contribution in [0.2, 0.25) is 0 Å². The van der Waals surface area contributed by atoms with Crippen LogP contribution >= 0.6 is 0 Å². The SMILES string of the molecule is NC1CCC(C(=O)NCCCn2ccnc2)C1. The summed E-state index contributed by atoms with van der Waals surface area (Å²) in [6, 6.07) is 0.219. The van der Waals surface area contributed by atoms with E-state index in [0.717, 1.165) is 38.8 Å². The standard InChI is InChI=1S/C12H20N4O/c13-11-3-2-10(8-11)12(17)15-4-1-6-16-7-5-14-9-16/h5,7,9-11H,1-4,6,8,13H2,(H,15,17). The van der Waals surface area contributed by atoms with Gasteiger partial charge in [-0.15, -0.1) is 0 Å². The maximum Gasteiger partial charge on any atom is 0.223 e. The van der Waals surface area contributed by atoms with Crippen molar-refractivity contribution in [3.8, 4) is 0 Å². The van der Waals surface area contributed by atoms with E-state index in [0.29, 0.717) is 0 Å². The second-order valence-corrected chi connectivity index (χ2v) is 4.72. The Labute approximate surface area is 101 Å². The summed E-state index contributed by atoms with van der Waals surface area (Å²) >= 11 is 0. The molecule has 1 heterocycles. The average Bonchev–Trinajstić information content (AvgIpc) is 2.95. The van der Waals surface area contributed by atoms with Gasteiger partial charge in [0.15, 0.2) is 0 Å². The number of rotatable bonds is 5. The molecule has 1 aliphatic carbocycles. The van der Waals surface area contributed by atoms with Crippen molar-refractivity contribution < 1.29 is 4.79 Å². The van der Waals surface area contributed by atoms with E-state index in [1.807, 2.05) is 10.8 Å². The van der Waals surface area contributed by atoms with Crippen LogP contribution in [-0.4, -0.2) is 28.0 Å². The predicted molar refractivity (Wildman–Crippen MR) is 65.2 cm³/mol. The van der Waals surface area contributed by atoms with Gasteiger partial charge in [0.05, 0.1) is 6.33 Å². The molecule has 0 aliphatic heterocycles. The largest absolute Gasteiger partial charge is 0.356 e. The minimum atomic E-state index is 0.137. The number of nitrogens with zero attached hydrogens (tertiary/aromatic N) is 2. The highest BCUT2D eigenvalue weighted by molar-refractivity contribution is 5.78. The van der Waals surface area contributed by atoms with E-state index in [1.54, 1.807) is 12.5 Å². The molecule has 17 heavy (non-hydrogen) atoms. The molecular weight excluding hydrogens is 216 g/mol. The molecule has 1 fully saturated rings. The summed E-state index contributed by atoms with van der Waals surface area (Å²) < 4.78 is 2.01. The maximum absolute atomic E-state index is 11.8. The molecule has 2 atom stereocenters. The van der Waals surface area contributed by atoms with Crippen LogP contribution in [0.3, 0.4) is 0 Å². The van der Waals surface area contributed by atoms with Gasteiger partial charge in [-0.05, 0) is 25.7 Å². The lowest BCUT2D eigenvalue weighted by molar-refractivity contribution is -0.124. The Hall–Kier alpha value is -1.36. The first-order valence-corrected chi connectivity index (χ1v) is 6.25. The second-order valence-electron chi connectivity index (χ2n) is 4.72. The van der Waals surface area contributed by atoms with Crippen LogP contribution in [0.25, 0.3) is 0 Å². The van der Waals surface area contributed by atoms with E-state index in [2.05, 4.69) is 10.3 Å². The van der Waals surface area contributed by atoms with E-state index < -0.39 is 0 Å². The lowest BCUT2D eigenvalue weighted by Crippen LogP contribution is -2.31. The normalized spacial score (nSPS) is 23.8. The first kappa shape index (κ1) is 12.1. The topological polar surface area (TPSA) is 72.9 Å². The number of carbonyl (C=O) groups is 1. The minimum Gasteiger partial charge on any atom is -0.356 e. The van der Waals surface area contributed by atoms with Crippen molar-refractivity contribution in [1.29, 1.82) is 0 Å². The highest BCUT2D eigenvalue weighted by Crippen LogP contribution is 2.23. The number of hydrogen-bond acceptors (Lipinski definition) is 3. The zero-order chi connectivity index (χ0) is 12.1. The fourth-order valence-corrected chi connectivity index (χ4v) is 2.29. The molecule has 0 radical (unpaired) electrons. The van der Waals surface area contributed by atoms with Gasteiger partial charge >= 0.3 is 0 Å². The van der Waals surface area contributed by atoms with Gasteiger partial charge in [-0.25, -0.2) is 4.98 Å². The number of nitrogens with two attached hydrogens (primary N) is 1. The average molecular weight is 236 g/mol. The molecule has 1 amide bonds. The van der Waals surface area contributed by atoms with Crippen molar-refractivity contribution in [2.24, 2.45) is 11.7 Å². The van der Waals surface area contributed by atoms with E-state index in [9.17, 15) is 4.79 Å². The molecular formula is C12H20N4O. The molecule has 5 nitrogen and oxygen atoms in total. The number of hydrogen-bond donors (Lipinski definition) is 2. The molecule has 5 heteroatoms. The number of amides is 1. The van der Waals surface area contributed by atoms with E-state index >= 15 is 0 Å². The lowest BCUT2D eigenvalue weighted by atomic mass is 10.1. The summed E-state index contributed by atoms with van der Waals surface area (Å²) in [7, 11) is 0. The Bertz CT molecular complexity index is 349. The molecule has 3 N–H and O–H groups in total. The molecule has 1 aliphatic rings. The Morgan fingerprint density at radius 3 is 3.06 bits per heavy atom. The fourth-order valence-electron chi connectivity index (χ4n) is 2.29. The summed E-state index contributed by atoms with van der Waals surface area (Å²) in [5.41, 5.74) is 5.79. The predicted octanol–water partition coefficient (Wildman–Crippen LogP) is 0.517. The van der Waals surface area contributed by atoms with Crippen molar-refractivity contribution in [2.75, 3.05) is 6.54 Å². The van der Waals surface area contributed by atoms with Gasteiger partial charge in [-0.2, -0.15) is 0 Å². The monoisotopic (exact) mass is 236 g/mol. The van der Waals surface area contributed by atoms with Crippen LogP contribution in [0.4, 0.5) is 0 Å². The molecule has 1 aromatic heterocycles. The Morgan fingerprint density at radius 2 is 2.41 bits per heavy atom. The number of aromatic nitrogens is 2. The third-order valence-electron chi connectivity index (χ3n) is 3.30. The Balaban J connectivity index is 1.60. The highest BCUT2D eigenvalue weighted by Gasteiger charge is 2.27. The van der Waals surface area contributed by atoms with Gasteiger partial charge in [-0.1, -0.05) is 0 Å². The molecule has 2 unspecified atom stereocenters. The van der Waals surface area contributed by atoms with Gasteiger partial charge in [0, 0.05) is 37.4 Å². The van der Waals surface area contributed by atoms with Crippen LogP contribution in [0.15, 0.2) is 18.7 Å². The zero-order valence-electron chi connectivity index (χ0n) is 10.0. The molecule has 0 bridgehead atoms. The smallest absolute Gasteiger partial charge is 0.223 e. The second kappa shape index (κ2) is 5.82. The van der Waals surface area contributed by atoms with Crippen molar-refractivity contribution in [2.45, 2.75) is 38.3 Å². The van der Waals surface area contributed by atoms with Crippen LogP contribution in [0.5, 0.6) is 0 Å². The molecule has 94 valence electrons. The zero-order valence-corrected chi connectivity index (χ0v) is 10.0. The van der Waals surface area contributed by atoms with Gasteiger partial charge in [0.1, 0.15) is 0 Å². The molecule has 1 saturated carbocycles. The van der Waals surface area contributed by atoms with Crippen molar-refractivity contribution in [1.82, 2.24) is 14.9 Å². The van der Waals surface area contributed by atoms with E-state index in [-0.39, 0.29) is 17.9 Å². The summed E-state index contributed by atoms with van der Waals surface area (Å²) in [4.78, 5) is 15.7. The molecule has 2 rings (SSSR count). The lowest BCUT2D eigenvalue weighted by Gasteiger charge is -2.10. The van der Waals surface area contributed by atoms with Gasteiger partial charge in [-0.3, -0.25) is 4.79 Å². The number of aryl methyl sites for hydroxylation is 1. The fraction of sp³-hybridized carbons (Fsp3) is 0.667. The van der Waals surface area contributed by atoms with E-state index in [1.165, 1.54) is 0 Å². The number of imidazole rings is 1. The third kappa shape index (κ3) is 3.56.